The third kappa shape index (κ3) is 7.88. The average molecular weight is 474 g/mol. The van der Waals surface area contributed by atoms with Crippen molar-refractivity contribution in [1.82, 2.24) is 0 Å². The van der Waals surface area contributed by atoms with E-state index < -0.39 is 52.3 Å². The number of hydrogen-bond donors (Lipinski definition) is 1. The van der Waals surface area contributed by atoms with Gasteiger partial charge >= 0.3 is 11.9 Å². The van der Waals surface area contributed by atoms with Gasteiger partial charge < -0.3 is 23.7 Å². The van der Waals surface area contributed by atoms with Gasteiger partial charge in [0, 0.05) is 18.8 Å². The first-order valence-electron chi connectivity index (χ1n) is 8.06. The number of nitrogens with zero attached hydrogens (tertiary/aromatic N) is 3. The number of carbonyl (C=O) groups excluding carboxylic acids is 2. The molecule has 0 saturated carbocycles. The lowest BCUT2D eigenvalue weighted by Gasteiger charge is -2.43. The lowest BCUT2D eigenvalue weighted by atomic mass is 9.97. The Bertz CT molecular complexity index is 681. The number of azide groups is 1. The van der Waals surface area contributed by atoms with E-state index in [1.165, 1.54) is 13.0 Å². The number of esters is 2. The number of nitrogens with one attached hydrogen (secondary N) is 1. The molecule has 1 N–H and O–H groups in total. The van der Waals surface area contributed by atoms with E-state index in [9.17, 15) is 9.59 Å². The number of ether oxygens (including phenoxy) is 5. The van der Waals surface area contributed by atoms with Crippen molar-refractivity contribution in [2.75, 3.05) is 13.2 Å². The van der Waals surface area contributed by atoms with E-state index >= 15 is 0 Å². The third-order valence-electron chi connectivity index (χ3n) is 3.45. The van der Waals surface area contributed by atoms with Crippen molar-refractivity contribution >= 4 is 52.6 Å². The molecule has 29 heavy (non-hydrogen) atoms. The normalized spacial score (nSPS) is 26.6. The quantitative estimate of drug-likeness (QED) is 0.0831. The average Bonchev–Trinajstić information content (AvgIpc) is 2.60. The Balaban J connectivity index is 3.31. The van der Waals surface area contributed by atoms with E-state index in [0.29, 0.717) is 0 Å². The van der Waals surface area contributed by atoms with Crippen LogP contribution in [-0.2, 0) is 33.3 Å². The Morgan fingerprint density at radius 1 is 1.28 bits per heavy atom. The lowest BCUT2D eigenvalue weighted by Crippen LogP contribution is -2.61. The largest absolute Gasteiger partial charge is 0.463 e. The number of alkyl halides is 3. The van der Waals surface area contributed by atoms with Crippen molar-refractivity contribution in [2.24, 2.45) is 5.11 Å². The molecule has 0 unspecified atom stereocenters. The highest BCUT2D eigenvalue weighted by molar-refractivity contribution is 6.76. The molecule has 0 aromatic rings. The molecule has 0 aromatic carbocycles. The van der Waals surface area contributed by atoms with Crippen LogP contribution in [0, 0.1) is 5.41 Å². The molecule has 0 aromatic heterocycles. The SMILES string of the molecule is C=CCO[C@@H]1[C@@H](N=[N+]=[N-])[C@@H](OC(=N)C(Cl)(Cl)Cl)O[C@H](COC(C)=O)[C@H]1OC(C)=O. The number of hydrogen-bond acceptors (Lipinski definition) is 9. The molecule has 162 valence electrons. The van der Waals surface area contributed by atoms with Gasteiger partial charge in [-0.1, -0.05) is 46.0 Å². The molecule has 1 fully saturated rings. The van der Waals surface area contributed by atoms with E-state index in [2.05, 4.69) is 16.6 Å². The van der Waals surface area contributed by atoms with Crippen molar-refractivity contribution < 1.29 is 33.3 Å². The molecule has 0 aliphatic carbocycles. The van der Waals surface area contributed by atoms with Crippen LogP contribution < -0.4 is 0 Å². The summed E-state index contributed by atoms with van der Waals surface area (Å²) in [5, 5.41) is 11.3. The van der Waals surface area contributed by atoms with Crippen molar-refractivity contribution in [3.05, 3.63) is 23.1 Å². The smallest absolute Gasteiger partial charge is 0.303 e. The van der Waals surface area contributed by atoms with Gasteiger partial charge in [0.2, 0.25) is 12.2 Å². The minimum absolute atomic E-state index is 0.0191. The molecule has 1 heterocycles. The van der Waals surface area contributed by atoms with Crippen LogP contribution in [0.25, 0.3) is 10.4 Å². The predicted octanol–water partition coefficient (Wildman–Crippen LogP) is 2.82. The van der Waals surface area contributed by atoms with Gasteiger partial charge in [-0.3, -0.25) is 15.0 Å². The van der Waals surface area contributed by atoms with Crippen molar-refractivity contribution in [2.45, 2.75) is 48.3 Å². The summed E-state index contributed by atoms with van der Waals surface area (Å²) >= 11 is 16.9. The summed E-state index contributed by atoms with van der Waals surface area (Å²) in [5.74, 6) is -2.13. The first kappa shape index (κ1) is 25.3. The summed E-state index contributed by atoms with van der Waals surface area (Å²) in [5.41, 5.74) is 8.95. The molecule has 0 spiro atoms. The molecule has 0 radical (unpaired) electrons. The highest BCUT2D eigenvalue weighted by atomic mass is 35.6. The summed E-state index contributed by atoms with van der Waals surface area (Å²) < 4.78 is 24.5. The van der Waals surface area contributed by atoms with E-state index in [4.69, 9.17) is 69.4 Å². The summed E-state index contributed by atoms with van der Waals surface area (Å²) in [7, 11) is 0. The lowest BCUT2D eigenvalue weighted by molar-refractivity contribution is -0.258. The Morgan fingerprint density at radius 2 is 1.93 bits per heavy atom. The summed E-state index contributed by atoms with van der Waals surface area (Å²) in [6.07, 6.45) is -3.43. The molecule has 1 saturated heterocycles. The first-order chi connectivity index (χ1) is 13.5. The van der Waals surface area contributed by atoms with E-state index in [1.54, 1.807) is 0 Å². The molecule has 0 amide bonds. The summed E-state index contributed by atoms with van der Waals surface area (Å²) in [6.45, 7) is 5.47. The van der Waals surface area contributed by atoms with Crippen LogP contribution in [0.4, 0.5) is 0 Å². The van der Waals surface area contributed by atoms with E-state index in [0.717, 1.165) is 6.92 Å². The zero-order valence-corrected chi connectivity index (χ0v) is 17.7. The fourth-order valence-corrected chi connectivity index (χ4v) is 2.53. The molecule has 14 heteroatoms. The van der Waals surface area contributed by atoms with Crippen molar-refractivity contribution in [3.63, 3.8) is 0 Å². The molecule has 1 aliphatic heterocycles. The van der Waals surface area contributed by atoms with Crippen LogP contribution in [-0.4, -0.2) is 65.5 Å². The van der Waals surface area contributed by atoms with Crippen LogP contribution in [0.2, 0.25) is 0 Å². The van der Waals surface area contributed by atoms with Gasteiger partial charge in [0.1, 0.15) is 24.9 Å². The maximum absolute atomic E-state index is 11.6. The fraction of sp³-hybridized carbons (Fsp3) is 0.667. The van der Waals surface area contributed by atoms with Crippen LogP contribution in [0.3, 0.4) is 0 Å². The number of carbonyl (C=O) groups is 2. The summed E-state index contributed by atoms with van der Waals surface area (Å²) in [4.78, 5) is 25.5. The molecule has 1 rings (SSSR count). The van der Waals surface area contributed by atoms with E-state index in [1.807, 2.05) is 0 Å². The van der Waals surface area contributed by atoms with Crippen molar-refractivity contribution in [3.8, 4) is 0 Å². The maximum Gasteiger partial charge on any atom is 0.303 e. The van der Waals surface area contributed by atoms with Crippen molar-refractivity contribution in [1.29, 1.82) is 5.41 Å². The number of halogens is 3. The Morgan fingerprint density at radius 3 is 2.41 bits per heavy atom. The Kier molecular flexibility index (Phi) is 9.97. The second-order valence-corrected chi connectivity index (χ2v) is 7.93. The van der Waals surface area contributed by atoms with Gasteiger partial charge in [0.15, 0.2) is 6.10 Å². The zero-order chi connectivity index (χ0) is 22.2. The third-order valence-corrected chi connectivity index (χ3v) is 3.97. The van der Waals surface area contributed by atoms with Gasteiger partial charge in [0.25, 0.3) is 3.79 Å². The van der Waals surface area contributed by atoms with E-state index in [-0.39, 0.29) is 13.2 Å². The highest BCUT2D eigenvalue weighted by Gasteiger charge is 2.51. The zero-order valence-electron chi connectivity index (χ0n) is 15.4. The van der Waals surface area contributed by atoms with Gasteiger partial charge in [-0.05, 0) is 5.53 Å². The monoisotopic (exact) mass is 472 g/mol. The Labute approximate surface area is 181 Å². The minimum Gasteiger partial charge on any atom is -0.463 e. The maximum atomic E-state index is 11.6. The highest BCUT2D eigenvalue weighted by Crippen LogP contribution is 2.33. The molecule has 11 nitrogen and oxygen atoms in total. The second kappa shape index (κ2) is 11.4. The summed E-state index contributed by atoms with van der Waals surface area (Å²) in [6, 6.07) is -1.26. The first-order valence-corrected chi connectivity index (χ1v) is 9.19. The minimum atomic E-state index is -2.22. The second-order valence-electron chi connectivity index (χ2n) is 5.65. The fourth-order valence-electron chi connectivity index (χ4n) is 2.39. The van der Waals surface area contributed by atoms with Gasteiger partial charge in [-0.25, -0.2) is 0 Å². The van der Waals surface area contributed by atoms with Gasteiger partial charge in [-0.2, -0.15) is 0 Å². The Hall–Kier alpha value is -1.75. The molecule has 0 bridgehead atoms. The predicted molar refractivity (Wildman–Crippen MR) is 103 cm³/mol. The van der Waals surface area contributed by atoms with Crippen LogP contribution in [0.15, 0.2) is 17.8 Å². The van der Waals surface area contributed by atoms with Crippen LogP contribution in [0.5, 0.6) is 0 Å². The molecule has 5 atom stereocenters. The molecule has 1 aliphatic rings. The topological polar surface area (TPSA) is 153 Å². The van der Waals surface area contributed by atoms with Crippen LogP contribution >= 0.6 is 34.8 Å². The molecular weight excluding hydrogens is 455 g/mol. The van der Waals surface area contributed by atoms with Gasteiger partial charge in [0.05, 0.1) is 6.61 Å². The molecular formula is C15H19Cl3N4O7. The standard InChI is InChI=1S/C15H19Cl3N4O7/c1-4-5-25-12-10(21-22-20)13(29-14(19)15(16,17)18)28-9(6-26-7(2)23)11(12)27-8(3)24/h4,9-13,19H,1,5-6H2,2-3H3/t9-,10-,11-,12-,13-/m1/s1. The van der Waals surface area contributed by atoms with Gasteiger partial charge in [-0.15, -0.1) is 6.58 Å². The van der Waals surface area contributed by atoms with Crippen LogP contribution in [0.1, 0.15) is 13.8 Å². The number of rotatable bonds is 8.